The third-order valence-corrected chi connectivity index (χ3v) is 3.83. The van der Waals surface area contributed by atoms with Crippen molar-refractivity contribution in [3.8, 4) is 0 Å². The lowest BCUT2D eigenvalue weighted by Crippen LogP contribution is -2.29. The van der Waals surface area contributed by atoms with Gasteiger partial charge in [0.25, 0.3) is 0 Å². The van der Waals surface area contributed by atoms with Crippen molar-refractivity contribution in [2.45, 2.75) is 13.0 Å². The molecule has 3 rings (SSSR count). The molecule has 0 amide bonds. The number of tetrazole rings is 1. The molecule has 0 saturated carbocycles. The van der Waals surface area contributed by atoms with Crippen LogP contribution in [0.15, 0.2) is 40.0 Å². The van der Waals surface area contributed by atoms with Crippen molar-refractivity contribution in [2.24, 2.45) is 0 Å². The van der Waals surface area contributed by atoms with Crippen LogP contribution < -0.4 is 5.32 Å². The van der Waals surface area contributed by atoms with Crippen molar-refractivity contribution in [2.75, 3.05) is 12.4 Å². The highest BCUT2D eigenvalue weighted by Crippen LogP contribution is 2.34. The number of hydrogen-bond acceptors (Lipinski definition) is 6. The van der Waals surface area contributed by atoms with Crippen LogP contribution in [-0.4, -0.2) is 33.3 Å². The highest BCUT2D eigenvalue weighted by Gasteiger charge is 2.34. The van der Waals surface area contributed by atoms with Gasteiger partial charge in [0.15, 0.2) is 0 Å². The van der Waals surface area contributed by atoms with Crippen LogP contribution in [0.5, 0.6) is 0 Å². The molecule has 21 heavy (non-hydrogen) atoms. The Bertz CT molecular complexity index is 722. The van der Waals surface area contributed by atoms with E-state index >= 15 is 0 Å². The highest BCUT2D eigenvalue weighted by molar-refractivity contribution is 9.10. The Balaban J connectivity index is 2.17. The second kappa shape index (κ2) is 5.28. The number of anilines is 1. The quantitative estimate of drug-likeness (QED) is 0.833. The number of rotatable bonds is 2. The number of benzene rings is 1. The van der Waals surface area contributed by atoms with Gasteiger partial charge in [-0.1, -0.05) is 33.2 Å². The molecule has 0 unspecified atom stereocenters. The molecule has 0 saturated heterocycles. The Labute approximate surface area is 129 Å². The molecule has 0 fully saturated rings. The van der Waals surface area contributed by atoms with Crippen LogP contribution in [0.1, 0.15) is 18.5 Å². The first-order valence-electron chi connectivity index (χ1n) is 6.21. The number of ether oxygens (including phenoxy) is 1. The number of nitrogens with one attached hydrogen (secondary N) is 1. The van der Waals surface area contributed by atoms with Gasteiger partial charge in [-0.2, -0.15) is 4.68 Å². The summed E-state index contributed by atoms with van der Waals surface area (Å²) in [6.07, 6.45) is 0. The van der Waals surface area contributed by atoms with Crippen LogP contribution in [0.2, 0.25) is 0 Å². The molecule has 108 valence electrons. The van der Waals surface area contributed by atoms with Crippen LogP contribution in [0.4, 0.5) is 5.95 Å². The van der Waals surface area contributed by atoms with E-state index in [1.165, 1.54) is 7.11 Å². The summed E-state index contributed by atoms with van der Waals surface area (Å²) in [4.78, 5) is 12.1. The minimum absolute atomic E-state index is 0.408. The minimum atomic E-state index is -0.420. The molecular formula is C13H12BrN5O2. The SMILES string of the molecule is COC(=O)C1=C(C)Nc2nnnn2[C@@H]1c1ccc(Br)cc1. The van der Waals surface area contributed by atoms with Gasteiger partial charge in [0.1, 0.15) is 6.04 Å². The molecule has 7 nitrogen and oxygen atoms in total. The first-order valence-corrected chi connectivity index (χ1v) is 7.00. The molecule has 0 aliphatic carbocycles. The molecule has 1 aromatic heterocycles. The first kappa shape index (κ1) is 13.7. The molecule has 8 heteroatoms. The fraction of sp³-hybridized carbons (Fsp3) is 0.231. The number of fused-ring (bicyclic) bond motifs is 1. The van der Waals surface area contributed by atoms with E-state index < -0.39 is 12.0 Å². The number of hydrogen-bond donors (Lipinski definition) is 1. The predicted molar refractivity (Wildman–Crippen MR) is 78.4 cm³/mol. The maximum Gasteiger partial charge on any atom is 0.338 e. The third kappa shape index (κ3) is 2.31. The zero-order valence-corrected chi connectivity index (χ0v) is 13.0. The third-order valence-electron chi connectivity index (χ3n) is 3.31. The van der Waals surface area contributed by atoms with Gasteiger partial charge >= 0.3 is 5.97 Å². The zero-order chi connectivity index (χ0) is 15.0. The average molecular weight is 350 g/mol. The maximum absolute atomic E-state index is 12.1. The van der Waals surface area contributed by atoms with Gasteiger partial charge in [0.2, 0.25) is 5.95 Å². The summed E-state index contributed by atoms with van der Waals surface area (Å²) >= 11 is 3.40. The van der Waals surface area contributed by atoms with E-state index in [9.17, 15) is 4.79 Å². The van der Waals surface area contributed by atoms with Crippen LogP contribution in [0.25, 0.3) is 0 Å². The standard InChI is InChI=1S/C13H12BrN5O2/c1-7-10(12(20)21-2)11(8-3-5-9(14)6-4-8)19-13(15-7)16-17-18-19/h3-6,11H,1-2H3,(H,15,16,18)/t11-/m1/s1. The smallest absolute Gasteiger partial charge is 0.338 e. The van der Waals surface area contributed by atoms with E-state index in [2.05, 4.69) is 36.8 Å². The van der Waals surface area contributed by atoms with Crippen molar-refractivity contribution < 1.29 is 9.53 Å². The van der Waals surface area contributed by atoms with Crippen molar-refractivity contribution in [3.63, 3.8) is 0 Å². The molecule has 1 aromatic carbocycles. The molecular weight excluding hydrogens is 338 g/mol. The van der Waals surface area contributed by atoms with Gasteiger partial charge < -0.3 is 10.1 Å². The van der Waals surface area contributed by atoms with Crippen molar-refractivity contribution in [1.82, 2.24) is 20.2 Å². The van der Waals surface area contributed by atoms with Gasteiger partial charge in [-0.25, -0.2) is 4.79 Å². The lowest BCUT2D eigenvalue weighted by molar-refractivity contribution is -0.136. The Morgan fingerprint density at radius 3 is 2.76 bits per heavy atom. The molecule has 2 aromatic rings. The fourth-order valence-corrected chi connectivity index (χ4v) is 2.60. The Kier molecular flexibility index (Phi) is 3.46. The molecule has 2 heterocycles. The number of allylic oxidation sites excluding steroid dienone is 1. The second-order valence-electron chi connectivity index (χ2n) is 4.56. The number of carbonyl (C=O) groups excluding carboxylic acids is 1. The number of methoxy groups -OCH3 is 1. The van der Waals surface area contributed by atoms with Crippen molar-refractivity contribution >= 4 is 27.8 Å². The molecule has 0 bridgehead atoms. The zero-order valence-electron chi connectivity index (χ0n) is 11.4. The molecule has 1 aliphatic rings. The van der Waals surface area contributed by atoms with Crippen LogP contribution in [-0.2, 0) is 9.53 Å². The van der Waals surface area contributed by atoms with Gasteiger partial charge in [0.05, 0.1) is 12.7 Å². The van der Waals surface area contributed by atoms with Crippen LogP contribution >= 0.6 is 15.9 Å². The molecule has 1 N–H and O–H groups in total. The van der Waals surface area contributed by atoms with E-state index in [4.69, 9.17) is 4.74 Å². The van der Waals surface area contributed by atoms with Crippen LogP contribution in [0.3, 0.4) is 0 Å². The summed E-state index contributed by atoms with van der Waals surface area (Å²) in [6, 6.07) is 7.23. The molecule has 0 spiro atoms. The number of halogens is 1. The average Bonchev–Trinajstić information content (AvgIpc) is 2.94. The number of carbonyl (C=O) groups is 1. The second-order valence-corrected chi connectivity index (χ2v) is 5.47. The van der Waals surface area contributed by atoms with Gasteiger partial charge in [-0.3, -0.25) is 0 Å². The number of nitrogens with zero attached hydrogens (tertiary/aromatic N) is 4. The predicted octanol–water partition coefficient (Wildman–Crippen LogP) is 1.90. The summed E-state index contributed by atoms with van der Waals surface area (Å²) in [5, 5.41) is 14.6. The van der Waals surface area contributed by atoms with Gasteiger partial charge in [0, 0.05) is 10.2 Å². The fourth-order valence-electron chi connectivity index (χ4n) is 2.34. The lowest BCUT2D eigenvalue weighted by Gasteiger charge is -2.27. The summed E-state index contributed by atoms with van der Waals surface area (Å²) in [5.74, 6) is 0.0853. The lowest BCUT2D eigenvalue weighted by atomic mass is 9.96. The molecule has 1 atom stereocenters. The monoisotopic (exact) mass is 349 g/mol. The minimum Gasteiger partial charge on any atom is -0.466 e. The van der Waals surface area contributed by atoms with E-state index in [1.807, 2.05) is 24.3 Å². The topological polar surface area (TPSA) is 81.9 Å². The highest BCUT2D eigenvalue weighted by atomic mass is 79.9. The normalized spacial score (nSPS) is 17.2. The maximum atomic E-state index is 12.1. The largest absolute Gasteiger partial charge is 0.466 e. The molecule has 1 aliphatic heterocycles. The van der Waals surface area contributed by atoms with Gasteiger partial charge in [-0.05, 0) is 35.0 Å². The summed E-state index contributed by atoms with van der Waals surface area (Å²) < 4.78 is 7.43. The summed E-state index contributed by atoms with van der Waals surface area (Å²) in [6.45, 7) is 1.80. The summed E-state index contributed by atoms with van der Waals surface area (Å²) in [7, 11) is 1.36. The van der Waals surface area contributed by atoms with E-state index in [-0.39, 0.29) is 0 Å². The number of esters is 1. The van der Waals surface area contributed by atoms with E-state index in [0.29, 0.717) is 17.2 Å². The Morgan fingerprint density at radius 1 is 1.38 bits per heavy atom. The van der Waals surface area contributed by atoms with Crippen LogP contribution in [0, 0.1) is 0 Å². The Hall–Kier alpha value is -2.22. The first-order chi connectivity index (χ1) is 10.1. The molecule has 0 radical (unpaired) electrons. The van der Waals surface area contributed by atoms with Crippen molar-refractivity contribution in [3.05, 3.63) is 45.6 Å². The van der Waals surface area contributed by atoms with E-state index in [1.54, 1.807) is 11.6 Å². The van der Waals surface area contributed by atoms with Gasteiger partial charge in [-0.15, -0.1) is 0 Å². The van der Waals surface area contributed by atoms with Crippen molar-refractivity contribution in [1.29, 1.82) is 0 Å². The van der Waals surface area contributed by atoms with E-state index in [0.717, 1.165) is 10.0 Å². The Morgan fingerprint density at radius 2 is 2.10 bits per heavy atom. The number of aromatic nitrogens is 4. The summed E-state index contributed by atoms with van der Waals surface area (Å²) in [5.41, 5.74) is 2.06.